The van der Waals surface area contributed by atoms with Gasteiger partial charge in [0.1, 0.15) is 0 Å². The molecule has 14 heavy (non-hydrogen) atoms. The van der Waals surface area contributed by atoms with Gasteiger partial charge >= 0.3 is 0 Å². The number of hydrogen-bond acceptors (Lipinski definition) is 2. The summed E-state index contributed by atoms with van der Waals surface area (Å²) < 4.78 is 0. The molecule has 0 bridgehead atoms. The second-order valence-electron chi connectivity index (χ2n) is 5.14. The first-order valence-electron chi connectivity index (χ1n) is 6.23. The maximum absolute atomic E-state index is 2.63. The van der Waals surface area contributed by atoms with Crippen LogP contribution >= 0.6 is 0 Å². The van der Waals surface area contributed by atoms with Crippen molar-refractivity contribution in [1.82, 2.24) is 9.62 Å². The molecule has 0 aromatic heterocycles. The summed E-state index contributed by atoms with van der Waals surface area (Å²) in [5, 5.41) is 0. The van der Waals surface area contributed by atoms with Crippen LogP contribution < -0.4 is 0 Å². The van der Waals surface area contributed by atoms with E-state index in [2.05, 4.69) is 24.3 Å². The fourth-order valence-corrected chi connectivity index (χ4v) is 3.04. The third kappa shape index (κ3) is 2.04. The zero-order valence-electron chi connectivity index (χ0n) is 9.76. The number of hydrogen-bond donors (Lipinski definition) is 0. The summed E-state index contributed by atoms with van der Waals surface area (Å²) in [7, 11) is 4.84. The predicted octanol–water partition coefficient (Wildman–Crippen LogP) is -0.926. The van der Waals surface area contributed by atoms with Crippen LogP contribution in [0.1, 0.15) is 19.8 Å². The van der Waals surface area contributed by atoms with Gasteiger partial charge in [-0.25, -0.2) is 0 Å². The first-order chi connectivity index (χ1) is 6.78. The molecule has 5 heteroatoms. The van der Waals surface area contributed by atoms with Crippen molar-refractivity contribution < 1.29 is 0 Å². The lowest BCUT2D eigenvalue weighted by molar-refractivity contribution is 0.0180. The molecule has 2 fully saturated rings. The molecule has 76 valence electrons. The Morgan fingerprint density at radius 2 is 1.86 bits per heavy atom. The van der Waals surface area contributed by atoms with E-state index in [1.54, 1.807) is 0 Å². The minimum atomic E-state index is 0.737. The van der Waals surface area contributed by atoms with Gasteiger partial charge in [0.15, 0.2) is 7.31 Å². The second-order valence-corrected chi connectivity index (χ2v) is 5.14. The van der Waals surface area contributed by atoms with Crippen molar-refractivity contribution >= 4 is 22.5 Å². The number of rotatable bonds is 3. The van der Waals surface area contributed by atoms with Crippen molar-refractivity contribution in [3.63, 3.8) is 0 Å². The van der Waals surface area contributed by atoms with E-state index in [0.29, 0.717) is 0 Å². The van der Waals surface area contributed by atoms with Crippen LogP contribution in [0.3, 0.4) is 0 Å². The Morgan fingerprint density at radius 3 is 2.36 bits per heavy atom. The van der Waals surface area contributed by atoms with Crippen molar-refractivity contribution in [1.29, 1.82) is 0 Å². The van der Waals surface area contributed by atoms with Crippen molar-refractivity contribution in [2.45, 2.75) is 26.1 Å². The normalized spacial score (nSPS) is 27.2. The Hall–Kier alpha value is 0.115. The molecular weight excluding hydrogens is 169 g/mol. The van der Waals surface area contributed by atoms with E-state index in [1.807, 2.05) is 0 Å². The molecule has 1 spiro atoms. The average Bonchev–Trinajstić information content (AvgIpc) is 2.17. The number of nitrogens with zero attached hydrogens (tertiary/aromatic N) is 2. The molecule has 2 nitrogen and oxygen atoms in total. The molecule has 0 aliphatic carbocycles. The quantitative estimate of drug-likeness (QED) is 0.530. The summed E-state index contributed by atoms with van der Waals surface area (Å²) in [6.45, 7) is 7.74. The maximum Gasteiger partial charge on any atom is 0.204 e. The van der Waals surface area contributed by atoms with Gasteiger partial charge < -0.3 is 9.62 Å². The molecule has 0 amide bonds. The lowest BCUT2D eigenvalue weighted by atomic mass is 9.61. The van der Waals surface area contributed by atoms with E-state index in [-0.39, 0.29) is 0 Å². The number of piperidine rings is 1. The second kappa shape index (κ2) is 4.32. The lowest BCUT2D eigenvalue weighted by Crippen LogP contribution is -2.61. The maximum atomic E-state index is 2.63. The Morgan fingerprint density at radius 1 is 1.21 bits per heavy atom. The highest BCUT2D eigenvalue weighted by atomic mass is 15.2. The van der Waals surface area contributed by atoms with Crippen LogP contribution in [-0.2, 0) is 0 Å². The van der Waals surface area contributed by atoms with Gasteiger partial charge in [0.2, 0.25) is 7.41 Å². The lowest BCUT2D eigenvalue weighted by Gasteiger charge is -2.54. The Balaban J connectivity index is 1.74. The molecule has 0 N–H and O–H groups in total. The van der Waals surface area contributed by atoms with Gasteiger partial charge in [0, 0.05) is 0 Å². The van der Waals surface area contributed by atoms with Gasteiger partial charge in [0.25, 0.3) is 0 Å². The minimum absolute atomic E-state index is 0.737. The molecule has 0 aromatic rings. The van der Waals surface area contributed by atoms with Crippen LogP contribution in [0.2, 0.25) is 6.32 Å². The molecule has 0 saturated carbocycles. The largest absolute Gasteiger partial charge is 0.353 e. The van der Waals surface area contributed by atoms with E-state index < -0.39 is 0 Å². The van der Waals surface area contributed by atoms with Gasteiger partial charge in [0.05, 0.1) is 7.74 Å². The molecule has 2 aliphatic rings. The monoisotopic (exact) mass is 190 g/mol. The highest BCUT2D eigenvalue weighted by molar-refractivity contribution is 6.87. The third-order valence-electron chi connectivity index (χ3n) is 4.02. The topological polar surface area (TPSA) is 6.48 Å². The molecule has 0 unspecified atom stereocenters. The van der Waals surface area contributed by atoms with Crippen molar-refractivity contribution in [2.24, 2.45) is 5.41 Å². The van der Waals surface area contributed by atoms with Crippen molar-refractivity contribution in [3.05, 3.63) is 0 Å². The van der Waals surface area contributed by atoms with Crippen LogP contribution in [0.4, 0.5) is 0 Å². The van der Waals surface area contributed by atoms with Crippen LogP contribution in [0.5, 0.6) is 0 Å². The predicted molar refractivity (Wildman–Crippen MR) is 68.1 cm³/mol. The van der Waals surface area contributed by atoms with Gasteiger partial charge in [-0.3, -0.25) is 0 Å². The zero-order valence-corrected chi connectivity index (χ0v) is 9.76. The van der Waals surface area contributed by atoms with E-state index in [0.717, 1.165) is 5.41 Å². The fraction of sp³-hybridized carbons (Fsp3) is 1.00. The Bertz CT molecular complexity index is 177. The zero-order chi connectivity index (χ0) is 10.0. The molecule has 2 aliphatic heterocycles. The summed E-state index contributed by atoms with van der Waals surface area (Å²) in [5.41, 5.74) is 0.737. The minimum Gasteiger partial charge on any atom is -0.353 e. The summed E-state index contributed by atoms with van der Waals surface area (Å²) in [6.07, 6.45) is 4.21. The smallest absolute Gasteiger partial charge is 0.204 e. The van der Waals surface area contributed by atoms with Crippen LogP contribution in [0.15, 0.2) is 0 Å². The van der Waals surface area contributed by atoms with Gasteiger partial charge in [-0.05, 0) is 44.4 Å². The van der Waals surface area contributed by atoms with Gasteiger partial charge in [-0.1, -0.05) is 13.2 Å². The van der Waals surface area contributed by atoms with Crippen LogP contribution in [0, 0.1) is 5.41 Å². The highest BCUT2D eigenvalue weighted by Crippen LogP contribution is 2.39. The molecule has 0 atom stereocenters. The van der Waals surface area contributed by atoms with E-state index in [9.17, 15) is 0 Å². The van der Waals surface area contributed by atoms with E-state index >= 15 is 0 Å². The van der Waals surface area contributed by atoms with Crippen LogP contribution in [-0.4, -0.2) is 58.3 Å². The Kier molecular flexibility index (Phi) is 3.28. The van der Waals surface area contributed by atoms with E-state index in [1.165, 1.54) is 60.1 Å². The average molecular weight is 190 g/mol. The summed E-state index contributed by atoms with van der Waals surface area (Å²) in [5.74, 6) is 0. The van der Waals surface area contributed by atoms with Crippen LogP contribution in [0.25, 0.3) is 0 Å². The molecule has 0 radical (unpaired) electrons. The first-order valence-corrected chi connectivity index (χ1v) is 6.23. The summed E-state index contributed by atoms with van der Waals surface area (Å²) in [4.78, 5) is 5.22. The first kappa shape index (κ1) is 10.6. The molecule has 0 aromatic carbocycles. The molecular formula is C9H21B3N2. The summed E-state index contributed by atoms with van der Waals surface area (Å²) in [6, 6.07) is 0. The van der Waals surface area contributed by atoms with E-state index in [4.69, 9.17) is 0 Å². The van der Waals surface area contributed by atoms with Crippen molar-refractivity contribution in [2.75, 3.05) is 26.2 Å². The fourth-order valence-electron chi connectivity index (χ4n) is 3.04. The highest BCUT2D eigenvalue weighted by Gasteiger charge is 2.43. The Labute approximate surface area is 90.3 Å². The summed E-state index contributed by atoms with van der Waals surface area (Å²) >= 11 is 0. The van der Waals surface area contributed by atoms with Gasteiger partial charge in [-0.15, -0.1) is 0 Å². The third-order valence-corrected chi connectivity index (χ3v) is 4.02. The molecule has 2 heterocycles. The molecule has 2 saturated heterocycles. The van der Waals surface area contributed by atoms with Crippen molar-refractivity contribution in [3.8, 4) is 0 Å². The molecule has 2 rings (SSSR count). The SMILES string of the molecule is BBN1CCC2(CC1)CN(BCC)C2. The standard InChI is InChI=1S/C9H21B3N2/c1-2-11-14-7-9(8-14)3-5-13(12-10)6-4-9/h11-12H,2-8,10H2,1H3. The van der Waals surface area contributed by atoms with Gasteiger partial charge in [-0.2, -0.15) is 0 Å².